The maximum absolute atomic E-state index is 12.3. The van der Waals surface area contributed by atoms with E-state index >= 15 is 0 Å². The van der Waals surface area contributed by atoms with Crippen molar-refractivity contribution in [3.8, 4) is 5.75 Å². The molecule has 6 N–H and O–H groups in total. The molecule has 3 atom stereocenters. The molecule has 0 saturated carbocycles. The summed E-state index contributed by atoms with van der Waals surface area (Å²) in [6.07, 6.45) is -1.10. The Bertz CT molecular complexity index is 605. The van der Waals surface area contributed by atoms with E-state index in [4.69, 9.17) is 16.6 Å². The molecule has 22 heavy (non-hydrogen) atoms. The molecule has 0 aliphatic rings. The predicted molar refractivity (Wildman–Crippen MR) is 74.7 cm³/mol. The van der Waals surface area contributed by atoms with Gasteiger partial charge in [0.15, 0.2) is 0 Å². The van der Waals surface area contributed by atoms with Gasteiger partial charge in [0.25, 0.3) is 0 Å². The van der Waals surface area contributed by atoms with E-state index in [1.807, 2.05) is 0 Å². The van der Waals surface area contributed by atoms with Crippen molar-refractivity contribution in [1.29, 1.82) is 0 Å². The molecule has 0 aromatic heterocycles. The molecule has 0 aliphatic heterocycles. The standard InChI is InChI=1S/C12H17FN2O6S/c13-22(19,20)21-9-3-1-7(2-4-9)5-8(11(15)16)6-10(14)12(17)18/h1-4,8,10-11,16H,5-6,14-15H2,(H,17,18)/t8-,10-,11-/m0/s1. The van der Waals surface area contributed by atoms with E-state index in [1.165, 1.54) is 24.3 Å². The van der Waals surface area contributed by atoms with Gasteiger partial charge in [0, 0.05) is 5.92 Å². The Hall–Kier alpha value is -1.75. The lowest BCUT2D eigenvalue weighted by Gasteiger charge is -2.21. The number of carboxylic acids is 1. The minimum Gasteiger partial charge on any atom is -0.480 e. The van der Waals surface area contributed by atoms with Gasteiger partial charge in [-0.25, -0.2) is 0 Å². The molecule has 0 saturated heterocycles. The third kappa shape index (κ3) is 6.35. The normalized spacial score (nSPS) is 15.8. The molecule has 1 rings (SSSR count). The number of carboxylic acid groups (broad SMARTS) is 1. The van der Waals surface area contributed by atoms with Crippen LogP contribution in [0.15, 0.2) is 24.3 Å². The second kappa shape index (κ2) is 7.49. The minimum absolute atomic E-state index is 0.0376. The number of halogens is 1. The van der Waals surface area contributed by atoms with Crippen LogP contribution in [0, 0.1) is 5.92 Å². The van der Waals surface area contributed by atoms with Crippen molar-refractivity contribution in [3.63, 3.8) is 0 Å². The fourth-order valence-electron chi connectivity index (χ4n) is 1.87. The number of rotatable bonds is 8. The summed E-state index contributed by atoms with van der Waals surface area (Å²) in [6.45, 7) is 0. The zero-order chi connectivity index (χ0) is 16.9. The molecule has 10 heteroatoms. The summed E-state index contributed by atoms with van der Waals surface area (Å²) < 4.78 is 37.0. The Morgan fingerprint density at radius 2 is 1.82 bits per heavy atom. The smallest absolute Gasteiger partial charge is 0.480 e. The van der Waals surface area contributed by atoms with Crippen molar-refractivity contribution in [2.75, 3.05) is 0 Å². The van der Waals surface area contributed by atoms with Crippen LogP contribution in [0.3, 0.4) is 0 Å². The van der Waals surface area contributed by atoms with Crippen LogP contribution in [0.25, 0.3) is 0 Å². The van der Waals surface area contributed by atoms with Gasteiger partial charge < -0.3 is 25.9 Å². The van der Waals surface area contributed by atoms with Gasteiger partial charge >= 0.3 is 16.5 Å². The first-order valence-electron chi connectivity index (χ1n) is 6.23. The molecule has 0 heterocycles. The number of aliphatic carboxylic acids is 1. The first-order valence-corrected chi connectivity index (χ1v) is 7.54. The summed E-state index contributed by atoms with van der Waals surface area (Å²) in [6, 6.07) is 4.18. The second-order valence-electron chi connectivity index (χ2n) is 4.76. The Labute approximate surface area is 126 Å². The van der Waals surface area contributed by atoms with Crippen molar-refractivity contribution in [3.05, 3.63) is 29.8 Å². The monoisotopic (exact) mass is 336 g/mol. The Kier molecular flexibility index (Phi) is 6.23. The van der Waals surface area contributed by atoms with E-state index in [0.717, 1.165) is 0 Å². The van der Waals surface area contributed by atoms with Crippen LogP contribution in [-0.2, 0) is 21.7 Å². The number of carbonyl (C=O) groups is 1. The summed E-state index contributed by atoms with van der Waals surface area (Å²) in [7, 11) is -5.09. The van der Waals surface area contributed by atoms with Crippen LogP contribution >= 0.6 is 0 Å². The number of nitrogens with two attached hydrogens (primary N) is 2. The Morgan fingerprint density at radius 1 is 1.27 bits per heavy atom. The topological polar surface area (TPSA) is 153 Å². The van der Waals surface area contributed by atoms with Gasteiger partial charge in [-0.05, 0) is 30.5 Å². The van der Waals surface area contributed by atoms with Crippen LogP contribution < -0.4 is 15.7 Å². The Balaban J connectivity index is 2.76. The van der Waals surface area contributed by atoms with Gasteiger partial charge in [-0.1, -0.05) is 16.0 Å². The molecule has 1 aromatic carbocycles. The molecule has 124 valence electrons. The second-order valence-corrected chi connectivity index (χ2v) is 5.71. The predicted octanol–water partition coefficient (Wildman–Crippen LogP) is -0.482. The van der Waals surface area contributed by atoms with Gasteiger partial charge in [-0.3, -0.25) is 4.79 Å². The summed E-state index contributed by atoms with van der Waals surface area (Å²) in [4.78, 5) is 10.7. The van der Waals surface area contributed by atoms with Gasteiger partial charge in [0.2, 0.25) is 0 Å². The van der Waals surface area contributed by atoms with E-state index < -0.39 is 34.7 Å². The van der Waals surface area contributed by atoms with E-state index in [2.05, 4.69) is 4.18 Å². The van der Waals surface area contributed by atoms with Crippen molar-refractivity contribution in [1.82, 2.24) is 0 Å². The largest absolute Gasteiger partial charge is 0.488 e. The lowest BCUT2D eigenvalue weighted by atomic mass is 9.91. The zero-order valence-electron chi connectivity index (χ0n) is 11.4. The molecule has 0 bridgehead atoms. The number of hydrogen-bond donors (Lipinski definition) is 4. The van der Waals surface area contributed by atoms with Crippen molar-refractivity contribution < 1.29 is 31.5 Å². The van der Waals surface area contributed by atoms with Gasteiger partial charge in [-0.15, -0.1) is 0 Å². The molecule has 0 fully saturated rings. The van der Waals surface area contributed by atoms with Crippen molar-refractivity contribution in [2.24, 2.45) is 17.4 Å². The van der Waals surface area contributed by atoms with Gasteiger partial charge in [0.1, 0.15) is 18.0 Å². The average molecular weight is 336 g/mol. The van der Waals surface area contributed by atoms with Crippen molar-refractivity contribution in [2.45, 2.75) is 25.1 Å². The lowest BCUT2D eigenvalue weighted by Crippen LogP contribution is -2.39. The van der Waals surface area contributed by atoms with E-state index in [1.54, 1.807) is 0 Å². The third-order valence-corrected chi connectivity index (χ3v) is 3.37. The molecule has 0 amide bonds. The van der Waals surface area contributed by atoms with Crippen molar-refractivity contribution >= 4 is 16.5 Å². The minimum atomic E-state index is -5.09. The van der Waals surface area contributed by atoms with Crippen LogP contribution in [-0.4, -0.2) is 36.9 Å². The quantitative estimate of drug-likeness (QED) is 0.367. The third-order valence-electron chi connectivity index (χ3n) is 2.97. The summed E-state index contributed by atoms with van der Waals surface area (Å²) in [5.74, 6) is -2.02. The van der Waals surface area contributed by atoms with E-state index in [0.29, 0.717) is 5.56 Å². The highest BCUT2D eigenvalue weighted by Crippen LogP contribution is 2.20. The van der Waals surface area contributed by atoms with Crippen LogP contribution in [0.5, 0.6) is 5.75 Å². The van der Waals surface area contributed by atoms with E-state index in [-0.39, 0.29) is 18.6 Å². The summed E-state index contributed by atoms with van der Waals surface area (Å²) in [5.41, 5.74) is 11.4. The van der Waals surface area contributed by atoms with Gasteiger partial charge in [-0.2, -0.15) is 8.42 Å². The lowest BCUT2D eigenvalue weighted by molar-refractivity contribution is -0.139. The average Bonchev–Trinajstić information content (AvgIpc) is 2.38. The number of aliphatic hydroxyl groups is 1. The maximum Gasteiger partial charge on any atom is 0.488 e. The zero-order valence-corrected chi connectivity index (χ0v) is 12.2. The summed E-state index contributed by atoms with van der Waals surface area (Å²) >= 11 is 0. The highest BCUT2D eigenvalue weighted by Gasteiger charge is 2.23. The number of aliphatic hydroxyl groups excluding tert-OH is 1. The first-order chi connectivity index (χ1) is 10.1. The van der Waals surface area contributed by atoms with Crippen LogP contribution in [0.1, 0.15) is 12.0 Å². The van der Waals surface area contributed by atoms with Crippen LogP contribution in [0.2, 0.25) is 0 Å². The van der Waals surface area contributed by atoms with Gasteiger partial charge in [0.05, 0.1) is 0 Å². The fourth-order valence-corrected chi connectivity index (χ4v) is 2.21. The maximum atomic E-state index is 12.3. The molecule has 0 aliphatic carbocycles. The molecule has 8 nitrogen and oxygen atoms in total. The summed E-state index contributed by atoms with van der Waals surface area (Å²) in [5, 5.41) is 18.3. The first kappa shape index (κ1) is 18.3. The number of benzene rings is 1. The number of hydrogen-bond acceptors (Lipinski definition) is 7. The molecule has 0 radical (unpaired) electrons. The van der Waals surface area contributed by atoms with E-state index in [9.17, 15) is 22.2 Å². The SMILES string of the molecule is N[C@@H](C[C@H](Cc1ccc(OS(=O)(=O)F)cc1)[C@@H](N)O)C(=O)O. The highest BCUT2D eigenvalue weighted by atomic mass is 32.3. The van der Waals surface area contributed by atoms with Crippen LogP contribution in [0.4, 0.5) is 3.89 Å². The fraction of sp³-hybridized carbons (Fsp3) is 0.417. The Morgan fingerprint density at radius 3 is 2.23 bits per heavy atom. The molecule has 0 spiro atoms. The molecule has 1 aromatic rings. The molecule has 0 unspecified atom stereocenters. The molecular formula is C12H17FN2O6S. The highest BCUT2D eigenvalue weighted by molar-refractivity contribution is 7.81. The molecular weight excluding hydrogens is 319 g/mol.